The van der Waals surface area contributed by atoms with Crippen molar-refractivity contribution in [2.45, 2.75) is 44.9 Å². The van der Waals surface area contributed by atoms with E-state index in [1.54, 1.807) is 11.1 Å². The Balaban J connectivity index is 1.98. The average Bonchev–Trinajstić information content (AvgIpc) is 3.04. The quantitative estimate of drug-likeness (QED) is 0.590. The predicted molar refractivity (Wildman–Crippen MR) is 87.3 cm³/mol. The summed E-state index contributed by atoms with van der Waals surface area (Å²) in [6.07, 6.45) is 5.52. The average molecular weight is 274 g/mol. The summed E-state index contributed by atoms with van der Waals surface area (Å²) in [4.78, 5) is 0. The fraction of sp³-hybridized carbons (Fsp3) is 0.429. The van der Waals surface area contributed by atoms with Gasteiger partial charge in [-0.2, -0.15) is 0 Å². The molecule has 5 rings (SSSR count). The molecule has 0 atom stereocenters. The van der Waals surface area contributed by atoms with Gasteiger partial charge in [0.05, 0.1) is 0 Å². The second-order valence-corrected chi connectivity index (χ2v) is 7.96. The molecule has 106 valence electrons. The zero-order chi connectivity index (χ0) is 14.3. The standard InChI is InChI=1S/C21H22/c1-19-11-13-20(2,14-12-19)21(19)17-9-5-3-7-15(17)16-8-4-6-10-18(16)21/h3-10H,11-14H2,1-2H3. The van der Waals surface area contributed by atoms with Gasteiger partial charge in [-0.15, -0.1) is 0 Å². The van der Waals surface area contributed by atoms with E-state index < -0.39 is 0 Å². The van der Waals surface area contributed by atoms with Crippen LogP contribution in [0.25, 0.3) is 11.1 Å². The molecule has 2 saturated carbocycles. The molecule has 0 aromatic heterocycles. The van der Waals surface area contributed by atoms with Gasteiger partial charge in [0.2, 0.25) is 0 Å². The summed E-state index contributed by atoms with van der Waals surface area (Å²) in [5, 5.41) is 0. The molecule has 1 spiro atoms. The van der Waals surface area contributed by atoms with Crippen LogP contribution in [0.15, 0.2) is 48.5 Å². The van der Waals surface area contributed by atoms with E-state index in [9.17, 15) is 0 Å². The Morgan fingerprint density at radius 2 is 1.00 bits per heavy atom. The van der Waals surface area contributed by atoms with Crippen LogP contribution >= 0.6 is 0 Å². The minimum Gasteiger partial charge on any atom is -0.0619 e. The second-order valence-electron chi connectivity index (χ2n) is 7.96. The molecule has 0 aliphatic heterocycles. The van der Waals surface area contributed by atoms with Gasteiger partial charge in [-0.05, 0) is 58.8 Å². The molecule has 0 unspecified atom stereocenters. The molecule has 2 aromatic carbocycles. The van der Waals surface area contributed by atoms with Crippen molar-refractivity contribution in [3.05, 3.63) is 59.7 Å². The molecular formula is C21H22. The van der Waals surface area contributed by atoms with Crippen LogP contribution in [0.3, 0.4) is 0 Å². The van der Waals surface area contributed by atoms with Crippen molar-refractivity contribution in [3.8, 4) is 11.1 Å². The van der Waals surface area contributed by atoms with E-state index in [0.29, 0.717) is 10.8 Å². The predicted octanol–water partition coefficient (Wildman–Crippen LogP) is 5.55. The van der Waals surface area contributed by atoms with Gasteiger partial charge < -0.3 is 0 Å². The lowest BCUT2D eigenvalue weighted by Crippen LogP contribution is -2.42. The van der Waals surface area contributed by atoms with Gasteiger partial charge in [-0.3, -0.25) is 0 Å². The second kappa shape index (κ2) is 3.43. The van der Waals surface area contributed by atoms with Crippen molar-refractivity contribution >= 4 is 0 Å². The molecule has 0 amide bonds. The third-order valence-electron chi connectivity index (χ3n) is 7.22. The van der Waals surface area contributed by atoms with E-state index in [2.05, 4.69) is 62.4 Å². The first-order valence-corrected chi connectivity index (χ1v) is 8.32. The van der Waals surface area contributed by atoms with Crippen LogP contribution < -0.4 is 0 Å². The lowest BCUT2D eigenvalue weighted by molar-refractivity contribution is 0.207. The Kier molecular flexibility index (Phi) is 1.96. The topological polar surface area (TPSA) is 0 Å². The van der Waals surface area contributed by atoms with Crippen LogP contribution in [0.4, 0.5) is 0 Å². The number of hydrogen-bond donors (Lipinski definition) is 0. The largest absolute Gasteiger partial charge is 0.0619 e. The van der Waals surface area contributed by atoms with Gasteiger partial charge in [0, 0.05) is 5.41 Å². The normalized spacial score (nSPS) is 34.2. The van der Waals surface area contributed by atoms with E-state index in [-0.39, 0.29) is 5.41 Å². The van der Waals surface area contributed by atoms with Gasteiger partial charge >= 0.3 is 0 Å². The third-order valence-corrected chi connectivity index (χ3v) is 7.22. The van der Waals surface area contributed by atoms with Crippen molar-refractivity contribution in [1.82, 2.24) is 0 Å². The fourth-order valence-corrected chi connectivity index (χ4v) is 6.37. The lowest BCUT2D eigenvalue weighted by atomic mass is 9.58. The van der Waals surface area contributed by atoms with Gasteiger partial charge in [0.15, 0.2) is 0 Å². The number of rotatable bonds is 0. The van der Waals surface area contributed by atoms with E-state index >= 15 is 0 Å². The molecule has 2 bridgehead atoms. The summed E-state index contributed by atoms with van der Waals surface area (Å²) < 4.78 is 0. The Morgan fingerprint density at radius 3 is 1.43 bits per heavy atom. The fourth-order valence-electron chi connectivity index (χ4n) is 6.37. The SMILES string of the molecule is CC12CCC(C)(CC1)C21c2ccccc2-c2ccccc21. The lowest BCUT2D eigenvalue weighted by Gasteiger charge is -2.44. The van der Waals surface area contributed by atoms with Crippen LogP contribution in [-0.2, 0) is 5.41 Å². The maximum absolute atomic E-state index is 2.56. The first-order chi connectivity index (χ1) is 10.1. The highest BCUT2D eigenvalue weighted by Crippen LogP contribution is 2.78. The molecular weight excluding hydrogens is 252 g/mol. The first-order valence-electron chi connectivity index (χ1n) is 8.32. The molecule has 21 heavy (non-hydrogen) atoms. The Hall–Kier alpha value is -1.56. The van der Waals surface area contributed by atoms with Crippen molar-refractivity contribution < 1.29 is 0 Å². The zero-order valence-corrected chi connectivity index (χ0v) is 12.9. The highest BCUT2D eigenvalue weighted by molar-refractivity contribution is 5.83. The third kappa shape index (κ3) is 1.06. The van der Waals surface area contributed by atoms with Gasteiger partial charge in [-0.25, -0.2) is 0 Å². The number of fused-ring (bicyclic) bond motifs is 3. The van der Waals surface area contributed by atoms with Crippen LogP contribution in [-0.4, -0.2) is 0 Å². The van der Waals surface area contributed by atoms with Crippen LogP contribution in [0.5, 0.6) is 0 Å². The Bertz CT molecular complexity index is 679. The smallest absolute Gasteiger partial charge is 0.0322 e. The molecule has 0 heterocycles. The zero-order valence-electron chi connectivity index (χ0n) is 12.9. The number of hydrogen-bond acceptors (Lipinski definition) is 0. The summed E-state index contributed by atoms with van der Waals surface area (Å²) in [5.41, 5.74) is 7.35. The molecule has 0 heteroatoms. The van der Waals surface area contributed by atoms with Gasteiger partial charge in [0.1, 0.15) is 0 Å². The summed E-state index contributed by atoms with van der Waals surface area (Å²) >= 11 is 0. The Morgan fingerprint density at radius 1 is 0.619 bits per heavy atom. The molecule has 0 saturated heterocycles. The molecule has 3 aliphatic rings. The Labute approximate surface area is 127 Å². The summed E-state index contributed by atoms with van der Waals surface area (Å²) in [5.74, 6) is 0. The monoisotopic (exact) mass is 274 g/mol. The first kappa shape index (κ1) is 12.0. The van der Waals surface area contributed by atoms with Crippen LogP contribution in [0.1, 0.15) is 50.7 Å². The molecule has 0 N–H and O–H groups in total. The minimum absolute atomic E-state index is 0.257. The van der Waals surface area contributed by atoms with Crippen molar-refractivity contribution in [3.63, 3.8) is 0 Å². The maximum atomic E-state index is 2.56. The minimum atomic E-state index is 0.257. The van der Waals surface area contributed by atoms with Crippen molar-refractivity contribution in [1.29, 1.82) is 0 Å². The summed E-state index contributed by atoms with van der Waals surface area (Å²) in [6.45, 7) is 5.12. The maximum Gasteiger partial charge on any atom is 0.0322 e. The van der Waals surface area contributed by atoms with Crippen molar-refractivity contribution in [2.75, 3.05) is 0 Å². The van der Waals surface area contributed by atoms with Crippen LogP contribution in [0, 0.1) is 10.8 Å². The molecule has 2 aromatic rings. The number of benzene rings is 2. The van der Waals surface area contributed by atoms with Gasteiger partial charge in [0.25, 0.3) is 0 Å². The van der Waals surface area contributed by atoms with E-state index in [4.69, 9.17) is 0 Å². The molecule has 0 radical (unpaired) electrons. The van der Waals surface area contributed by atoms with E-state index in [0.717, 1.165) is 0 Å². The van der Waals surface area contributed by atoms with E-state index in [1.165, 1.54) is 36.8 Å². The summed E-state index contributed by atoms with van der Waals surface area (Å²) in [7, 11) is 0. The highest BCUT2D eigenvalue weighted by Gasteiger charge is 2.71. The van der Waals surface area contributed by atoms with Gasteiger partial charge in [-0.1, -0.05) is 62.4 Å². The van der Waals surface area contributed by atoms with Crippen LogP contribution in [0.2, 0.25) is 0 Å². The highest BCUT2D eigenvalue weighted by atomic mass is 14.7. The van der Waals surface area contributed by atoms with Crippen molar-refractivity contribution in [2.24, 2.45) is 10.8 Å². The summed E-state index contributed by atoms with van der Waals surface area (Å²) in [6, 6.07) is 18.4. The molecule has 0 nitrogen and oxygen atoms in total. The van der Waals surface area contributed by atoms with E-state index in [1.807, 2.05) is 0 Å². The molecule has 3 aliphatic carbocycles. The molecule has 2 fully saturated rings.